The largest absolute Gasteiger partial charge is 0.508 e. The van der Waals surface area contributed by atoms with E-state index in [0.29, 0.717) is 17.9 Å². The van der Waals surface area contributed by atoms with Crippen molar-refractivity contribution in [1.82, 2.24) is 0 Å². The van der Waals surface area contributed by atoms with Crippen molar-refractivity contribution >= 4 is 34.6 Å². The number of benzene rings is 2. The zero-order chi connectivity index (χ0) is 21.5. The van der Waals surface area contributed by atoms with Gasteiger partial charge in [-0.15, -0.1) is 17.9 Å². The lowest BCUT2D eigenvalue weighted by atomic mass is 9.89. The molecule has 0 aliphatic carbocycles. The minimum Gasteiger partial charge on any atom is -0.508 e. The van der Waals surface area contributed by atoms with Crippen LogP contribution >= 0.6 is 22.9 Å². The highest BCUT2D eigenvalue weighted by Crippen LogP contribution is 2.33. The van der Waals surface area contributed by atoms with Crippen LogP contribution in [0.3, 0.4) is 0 Å². The van der Waals surface area contributed by atoms with Gasteiger partial charge in [-0.3, -0.25) is 0 Å². The van der Waals surface area contributed by atoms with Crippen LogP contribution in [0.2, 0.25) is 5.02 Å². The van der Waals surface area contributed by atoms with Crippen molar-refractivity contribution in [3.63, 3.8) is 0 Å². The van der Waals surface area contributed by atoms with E-state index in [1.807, 2.05) is 53.9 Å². The first kappa shape index (κ1) is 22.3. The summed E-state index contributed by atoms with van der Waals surface area (Å²) in [5.41, 5.74) is 2.83. The highest BCUT2D eigenvalue weighted by molar-refractivity contribution is 7.10. The van der Waals surface area contributed by atoms with Gasteiger partial charge in [-0.2, -0.15) is 0 Å². The summed E-state index contributed by atoms with van der Waals surface area (Å²) in [6.07, 6.45) is 3.11. The summed E-state index contributed by atoms with van der Waals surface area (Å²) in [5.74, 6) is -0.344. The van der Waals surface area contributed by atoms with E-state index in [-0.39, 0.29) is 5.75 Å². The van der Waals surface area contributed by atoms with Gasteiger partial charge in [-0.1, -0.05) is 54.1 Å². The Morgan fingerprint density at radius 1 is 1.07 bits per heavy atom. The van der Waals surface area contributed by atoms with Crippen LogP contribution in [0, 0.1) is 5.92 Å². The predicted octanol–water partition coefficient (Wildman–Crippen LogP) is 6.32. The zero-order valence-corrected chi connectivity index (χ0v) is 18.1. The number of rotatable bonds is 9. The Morgan fingerprint density at radius 2 is 1.83 bits per heavy atom. The van der Waals surface area contributed by atoms with Gasteiger partial charge in [-0.05, 0) is 65.3 Å². The Hall–Kier alpha value is -2.37. The lowest BCUT2D eigenvalue weighted by molar-refractivity contribution is 0.0343. The summed E-state index contributed by atoms with van der Waals surface area (Å²) in [5, 5.41) is 33.4. The van der Waals surface area contributed by atoms with Crippen LogP contribution in [0.1, 0.15) is 34.9 Å². The number of allylic oxidation sites excluding steroid dienone is 1. The summed E-state index contributed by atoms with van der Waals surface area (Å²) in [4.78, 5) is 0.814. The molecule has 0 aliphatic heterocycles. The molecule has 0 spiro atoms. The molecule has 0 amide bonds. The molecule has 0 aliphatic rings. The molecule has 3 atom stereocenters. The molecule has 3 aromatic rings. The third-order valence-electron chi connectivity index (χ3n) is 5.08. The number of phenols is 1. The molecule has 3 N–H and O–H groups in total. The van der Waals surface area contributed by atoms with Crippen molar-refractivity contribution in [3.05, 3.63) is 99.7 Å². The first-order valence-electron chi connectivity index (χ1n) is 9.76. The number of phenolic OH excluding ortho intramolecular Hbond substituents is 1. The second-order valence-electron chi connectivity index (χ2n) is 7.12. The summed E-state index contributed by atoms with van der Waals surface area (Å²) in [6, 6.07) is 18.5. The molecular weight excluding hydrogens is 416 g/mol. The van der Waals surface area contributed by atoms with Gasteiger partial charge in [-0.25, -0.2) is 0 Å². The molecule has 0 fully saturated rings. The first-order chi connectivity index (χ1) is 14.5. The molecule has 3 rings (SSSR count). The van der Waals surface area contributed by atoms with Gasteiger partial charge in [0.25, 0.3) is 0 Å². The summed E-state index contributed by atoms with van der Waals surface area (Å²) in [6.45, 7) is 3.81. The fourth-order valence-corrected chi connectivity index (χ4v) is 4.41. The van der Waals surface area contributed by atoms with E-state index in [1.54, 1.807) is 18.2 Å². The van der Waals surface area contributed by atoms with E-state index in [0.717, 1.165) is 21.6 Å². The lowest BCUT2D eigenvalue weighted by Gasteiger charge is -2.24. The third-order valence-corrected chi connectivity index (χ3v) is 6.35. The fourth-order valence-electron chi connectivity index (χ4n) is 3.41. The monoisotopic (exact) mass is 440 g/mol. The molecular formula is C25H25ClO3S. The van der Waals surface area contributed by atoms with Gasteiger partial charge in [0.1, 0.15) is 5.75 Å². The van der Waals surface area contributed by atoms with Crippen molar-refractivity contribution in [2.45, 2.75) is 25.0 Å². The minimum absolute atomic E-state index is 0.116. The number of aliphatic hydroxyl groups excluding tert-OH is 2. The number of aromatic hydroxyl groups is 1. The van der Waals surface area contributed by atoms with E-state index in [9.17, 15) is 15.3 Å². The molecule has 156 valence electrons. The number of hydrogen-bond acceptors (Lipinski definition) is 4. The van der Waals surface area contributed by atoms with Gasteiger partial charge in [0.15, 0.2) is 0 Å². The van der Waals surface area contributed by atoms with Crippen LogP contribution < -0.4 is 0 Å². The highest BCUT2D eigenvalue weighted by atomic mass is 35.5. The Kier molecular flexibility index (Phi) is 7.88. The maximum Gasteiger partial charge on any atom is 0.117 e. The standard InChI is InChI=1S/C25H25ClO3S/c1-2-21(25(29)24-9-6-14-30-24)23(28)13-11-18(17-7-4-3-5-8-17)15-19-10-12-20(27)16-22(19)26/h2-10,12,14-16,21,23,25,27-29H,1,11,13H2/b18-15-/t21-,23-,25+/m1/s1. The average Bonchev–Trinajstić information content (AvgIpc) is 3.28. The molecule has 5 heteroatoms. The van der Waals surface area contributed by atoms with Crippen molar-refractivity contribution in [2.75, 3.05) is 0 Å². The second kappa shape index (κ2) is 10.6. The summed E-state index contributed by atoms with van der Waals surface area (Å²) >= 11 is 7.76. The molecule has 0 unspecified atom stereocenters. The SMILES string of the molecule is C=C[C@H]([C@H](O)CC/C(=C/c1ccc(O)cc1Cl)c1ccccc1)[C@H](O)c1cccs1. The highest BCUT2D eigenvalue weighted by Gasteiger charge is 2.26. The van der Waals surface area contributed by atoms with Crippen LogP contribution in [0.4, 0.5) is 0 Å². The van der Waals surface area contributed by atoms with Gasteiger partial charge in [0.2, 0.25) is 0 Å². The quantitative estimate of drug-likeness (QED) is 0.269. The van der Waals surface area contributed by atoms with Crippen LogP contribution in [0.15, 0.2) is 78.7 Å². The van der Waals surface area contributed by atoms with E-state index < -0.39 is 18.1 Å². The fraction of sp³-hybridized carbons (Fsp3) is 0.200. The van der Waals surface area contributed by atoms with Crippen LogP contribution in [0.25, 0.3) is 11.6 Å². The van der Waals surface area contributed by atoms with Crippen molar-refractivity contribution in [2.24, 2.45) is 5.92 Å². The van der Waals surface area contributed by atoms with Gasteiger partial charge >= 0.3 is 0 Å². The molecule has 0 saturated heterocycles. The molecule has 1 heterocycles. The molecule has 2 aromatic carbocycles. The zero-order valence-electron chi connectivity index (χ0n) is 16.5. The Balaban J connectivity index is 1.81. The van der Waals surface area contributed by atoms with Gasteiger partial charge < -0.3 is 15.3 Å². The average molecular weight is 441 g/mol. The molecule has 30 heavy (non-hydrogen) atoms. The van der Waals surface area contributed by atoms with Crippen LogP contribution in [-0.2, 0) is 0 Å². The Morgan fingerprint density at radius 3 is 2.47 bits per heavy atom. The molecule has 0 saturated carbocycles. The minimum atomic E-state index is -0.784. The third kappa shape index (κ3) is 5.61. The number of hydrogen-bond donors (Lipinski definition) is 3. The topological polar surface area (TPSA) is 60.7 Å². The van der Waals surface area contributed by atoms with E-state index in [1.165, 1.54) is 17.4 Å². The number of aliphatic hydroxyl groups is 2. The van der Waals surface area contributed by atoms with Crippen LogP contribution in [0.5, 0.6) is 5.75 Å². The number of halogens is 1. The predicted molar refractivity (Wildman–Crippen MR) is 126 cm³/mol. The van der Waals surface area contributed by atoms with E-state index >= 15 is 0 Å². The molecule has 0 bridgehead atoms. The second-order valence-corrected chi connectivity index (χ2v) is 8.51. The smallest absolute Gasteiger partial charge is 0.117 e. The van der Waals surface area contributed by atoms with E-state index in [4.69, 9.17) is 11.6 Å². The van der Waals surface area contributed by atoms with Crippen molar-refractivity contribution < 1.29 is 15.3 Å². The number of thiophene rings is 1. The lowest BCUT2D eigenvalue weighted by Crippen LogP contribution is -2.24. The first-order valence-corrected chi connectivity index (χ1v) is 11.0. The summed E-state index contributed by atoms with van der Waals surface area (Å²) < 4.78 is 0. The normalized spacial score (nSPS) is 14.8. The van der Waals surface area contributed by atoms with Crippen LogP contribution in [-0.4, -0.2) is 21.4 Å². The maximum atomic E-state index is 10.8. The van der Waals surface area contributed by atoms with Crippen molar-refractivity contribution in [3.8, 4) is 5.75 Å². The maximum absolute atomic E-state index is 10.8. The molecule has 3 nitrogen and oxygen atoms in total. The summed E-state index contributed by atoms with van der Waals surface area (Å²) in [7, 11) is 0. The Bertz CT molecular complexity index is 983. The van der Waals surface area contributed by atoms with Gasteiger partial charge in [0, 0.05) is 10.8 Å². The molecule has 1 aromatic heterocycles. The van der Waals surface area contributed by atoms with E-state index in [2.05, 4.69) is 6.58 Å². The molecule has 0 radical (unpaired) electrons. The van der Waals surface area contributed by atoms with Gasteiger partial charge in [0.05, 0.1) is 17.2 Å². The van der Waals surface area contributed by atoms with Crippen molar-refractivity contribution in [1.29, 1.82) is 0 Å². The Labute approximate surface area is 186 Å².